The first-order chi connectivity index (χ1) is 8.20. The van der Waals surface area contributed by atoms with Gasteiger partial charge in [-0.1, -0.05) is 0 Å². The highest BCUT2D eigenvalue weighted by Crippen LogP contribution is 2.24. The Labute approximate surface area is 112 Å². The quantitative estimate of drug-likeness (QED) is 0.672. The third-order valence-corrected chi connectivity index (χ3v) is 3.98. The Morgan fingerprint density at radius 2 is 2.35 bits per heavy atom. The van der Waals surface area contributed by atoms with E-state index < -0.39 is 0 Å². The Kier molecular flexibility index (Phi) is 4.22. The molecule has 2 aromatic heterocycles. The molecule has 0 aliphatic heterocycles. The van der Waals surface area contributed by atoms with Gasteiger partial charge in [0.2, 0.25) is 0 Å². The molecule has 2 aromatic rings. The molecule has 0 spiro atoms. The lowest BCUT2D eigenvalue weighted by Gasteiger charge is -2.14. The molecule has 1 atom stereocenters. The largest absolute Gasteiger partial charge is 0.271 e. The molecule has 3 N–H and O–H groups in total. The molecule has 90 valence electrons. The van der Waals surface area contributed by atoms with Gasteiger partial charge in [0.1, 0.15) is 0 Å². The average molecular weight is 313 g/mol. The van der Waals surface area contributed by atoms with Crippen molar-refractivity contribution in [1.29, 1.82) is 0 Å². The lowest BCUT2D eigenvalue weighted by atomic mass is 10.1. The monoisotopic (exact) mass is 312 g/mol. The molecule has 0 aromatic carbocycles. The molecule has 0 radical (unpaired) electrons. The Morgan fingerprint density at radius 3 is 2.94 bits per heavy atom. The maximum atomic E-state index is 5.62. The van der Waals surface area contributed by atoms with Crippen LogP contribution in [0.15, 0.2) is 28.4 Å². The van der Waals surface area contributed by atoms with Crippen molar-refractivity contribution in [3.8, 4) is 0 Å². The number of thiazole rings is 1. The highest BCUT2D eigenvalue weighted by atomic mass is 79.9. The van der Waals surface area contributed by atoms with Crippen LogP contribution in [0, 0.1) is 6.92 Å². The van der Waals surface area contributed by atoms with Crippen LogP contribution < -0.4 is 11.3 Å². The summed E-state index contributed by atoms with van der Waals surface area (Å²) in [5.74, 6) is 5.62. The minimum atomic E-state index is 0.0820. The van der Waals surface area contributed by atoms with Gasteiger partial charge in [-0.25, -0.2) is 4.98 Å². The second kappa shape index (κ2) is 5.68. The highest BCUT2D eigenvalue weighted by molar-refractivity contribution is 9.10. The number of pyridine rings is 1. The number of aromatic nitrogens is 2. The molecule has 17 heavy (non-hydrogen) atoms. The SMILES string of the molecule is Cc1ncsc1C(Cc1cncc(Br)c1)NN. The van der Waals surface area contributed by atoms with Gasteiger partial charge in [0, 0.05) is 21.7 Å². The van der Waals surface area contributed by atoms with Crippen LogP contribution in [-0.4, -0.2) is 9.97 Å². The van der Waals surface area contributed by atoms with Crippen molar-refractivity contribution in [2.45, 2.75) is 19.4 Å². The molecule has 4 nitrogen and oxygen atoms in total. The Bertz CT molecular complexity index is 500. The lowest BCUT2D eigenvalue weighted by molar-refractivity contribution is 0.556. The Balaban J connectivity index is 2.19. The average Bonchev–Trinajstić information content (AvgIpc) is 2.72. The molecule has 0 aliphatic rings. The summed E-state index contributed by atoms with van der Waals surface area (Å²) < 4.78 is 0.979. The molecule has 0 aliphatic carbocycles. The number of nitrogens with one attached hydrogen (secondary N) is 1. The maximum Gasteiger partial charge on any atom is 0.0798 e. The van der Waals surface area contributed by atoms with Crippen LogP contribution >= 0.6 is 27.3 Å². The van der Waals surface area contributed by atoms with E-state index in [0.29, 0.717) is 0 Å². The predicted molar refractivity (Wildman–Crippen MR) is 72.6 cm³/mol. The normalized spacial score (nSPS) is 12.6. The van der Waals surface area contributed by atoms with E-state index in [1.165, 1.54) is 4.88 Å². The van der Waals surface area contributed by atoms with E-state index in [9.17, 15) is 0 Å². The smallest absolute Gasteiger partial charge is 0.0798 e. The fraction of sp³-hybridized carbons (Fsp3) is 0.273. The summed E-state index contributed by atoms with van der Waals surface area (Å²) >= 11 is 5.03. The molecule has 6 heteroatoms. The summed E-state index contributed by atoms with van der Waals surface area (Å²) in [6.07, 6.45) is 4.42. The van der Waals surface area contributed by atoms with Crippen LogP contribution in [0.5, 0.6) is 0 Å². The van der Waals surface area contributed by atoms with Crippen LogP contribution in [0.25, 0.3) is 0 Å². The third kappa shape index (κ3) is 3.10. The molecule has 2 heterocycles. The van der Waals surface area contributed by atoms with Crippen molar-refractivity contribution in [2.24, 2.45) is 5.84 Å². The number of nitrogens with zero attached hydrogens (tertiary/aromatic N) is 2. The summed E-state index contributed by atoms with van der Waals surface area (Å²) in [6, 6.07) is 2.13. The fourth-order valence-corrected chi connectivity index (χ4v) is 2.95. The van der Waals surface area contributed by atoms with E-state index in [1.54, 1.807) is 17.5 Å². The van der Waals surface area contributed by atoms with Gasteiger partial charge in [-0.3, -0.25) is 16.3 Å². The van der Waals surface area contributed by atoms with Crippen LogP contribution in [0.3, 0.4) is 0 Å². The lowest BCUT2D eigenvalue weighted by Crippen LogP contribution is -2.29. The maximum absolute atomic E-state index is 5.62. The number of aryl methyl sites for hydroxylation is 1. The molecule has 2 rings (SSSR count). The molecular weight excluding hydrogens is 300 g/mol. The van der Waals surface area contributed by atoms with E-state index >= 15 is 0 Å². The summed E-state index contributed by atoms with van der Waals surface area (Å²) in [7, 11) is 0. The molecular formula is C11H13BrN4S. The molecule has 0 amide bonds. The van der Waals surface area contributed by atoms with Crippen molar-refractivity contribution < 1.29 is 0 Å². The molecule has 0 fully saturated rings. The minimum absolute atomic E-state index is 0.0820. The molecule has 0 bridgehead atoms. The first kappa shape index (κ1) is 12.6. The number of hydrogen-bond acceptors (Lipinski definition) is 5. The van der Waals surface area contributed by atoms with Crippen molar-refractivity contribution in [2.75, 3.05) is 0 Å². The van der Waals surface area contributed by atoms with E-state index in [0.717, 1.165) is 22.2 Å². The summed E-state index contributed by atoms with van der Waals surface area (Å²) in [5.41, 5.74) is 6.84. The van der Waals surface area contributed by atoms with Crippen LogP contribution in [0.2, 0.25) is 0 Å². The van der Waals surface area contributed by atoms with E-state index in [-0.39, 0.29) is 6.04 Å². The van der Waals surface area contributed by atoms with E-state index in [4.69, 9.17) is 5.84 Å². The molecule has 1 unspecified atom stereocenters. The first-order valence-corrected chi connectivity index (χ1v) is 6.83. The second-order valence-electron chi connectivity index (χ2n) is 3.74. The Morgan fingerprint density at radius 1 is 1.53 bits per heavy atom. The van der Waals surface area contributed by atoms with Crippen molar-refractivity contribution in [3.63, 3.8) is 0 Å². The van der Waals surface area contributed by atoms with Crippen LogP contribution in [0.1, 0.15) is 22.2 Å². The van der Waals surface area contributed by atoms with Crippen molar-refractivity contribution in [3.05, 3.63) is 44.6 Å². The second-order valence-corrected chi connectivity index (χ2v) is 5.54. The summed E-state index contributed by atoms with van der Waals surface area (Å²) in [5, 5.41) is 0. The van der Waals surface area contributed by atoms with Gasteiger partial charge in [0.15, 0.2) is 0 Å². The van der Waals surface area contributed by atoms with Gasteiger partial charge in [-0.05, 0) is 40.9 Å². The van der Waals surface area contributed by atoms with Gasteiger partial charge < -0.3 is 0 Å². The minimum Gasteiger partial charge on any atom is -0.271 e. The van der Waals surface area contributed by atoms with Gasteiger partial charge in [0.05, 0.1) is 17.2 Å². The number of hydrogen-bond donors (Lipinski definition) is 2. The number of hydrazine groups is 1. The van der Waals surface area contributed by atoms with Crippen LogP contribution in [-0.2, 0) is 6.42 Å². The van der Waals surface area contributed by atoms with Gasteiger partial charge >= 0.3 is 0 Å². The highest BCUT2D eigenvalue weighted by Gasteiger charge is 2.15. The van der Waals surface area contributed by atoms with Crippen molar-refractivity contribution >= 4 is 27.3 Å². The van der Waals surface area contributed by atoms with E-state index in [1.807, 2.05) is 24.7 Å². The zero-order valence-electron chi connectivity index (χ0n) is 9.35. The topological polar surface area (TPSA) is 63.8 Å². The molecule has 0 saturated carbocycles. The predicted octanol–water partition coefficient (Wildman–Crippen LogP) is 2.36. The van der Waals surface area contributed by atoms with Gasteiger partial charge in [0.25, 0.3) is 0 Å². The summed E-state index contributed by atoms with van der Waals surface area (Å²) in [6.45, 7) is 2.00. The first-order valence-electron chi connectivity index (χ1n) is 5.16. The molecule has 0 saturated heterocycles. The van der Waals surface area contributed by atoms with Crippen LogP contribution in [0.4, 0.5) is 0 Å². The van der Waals surface area contributed by atoms with Gasteiger partial charge in [-0.2, -0.15) is 0 Å². The summed E-state index contributed by atoms with van der Waals surface area (Å²) in [4.78, 5) is 9.56. The number of nitrogens with two attached hydrogens (primary N) is 1. The van der Waals surface area contributed by atoms with E-state index in [2.05, 4.69) is 31.3 Å². The third-order valence-electron chi connectivity index (χ3n) is 2.50. The number of halogens is 1. The Hall–Kier alpha value is -0.820. The zero-order chi connectivity index (χ0) is 12.3. The van der Waals surface area contributed by atoms with Crippen molar-refractivity contribution in [1.82, 2.24) is 15.4 Å². The standard InChI is InChI=1S/C11H13BrN4S/c1-7-11(17-6-15-7)10(16-13)3-8-2-9(12)5-14-4-8/h2,4-6,10,16H,3,13H2,1H3. The number of rotatable bonds is 4. The fourth-order valence-electron chi connectivity index (χ4n) is 1.68. The zero-order valence-corrected chi connectivity index (χ0v) is 11.8. The van der Waals surface area contributed by atoms with Gasteiger partial charge in [-0.15, -0.1) is 11.3 Å².